The highest BCUT2D eigenvalue weighted by atomic mass is 16.1. The predicted octanol–water partition coefficient (Wildman–Crippen LogP) is 1.84. The predicted molar refractivity (Wildman–Crippen MR) is 100 cm³/mol. The van der Waals surface area contributed by atoms with Gasteiger partial charge in [0.25, 0.3) is 5.56 Å². The molecule has 0 spiro atoms. The molecule has 0 bridgehead atoms. The maximum atomic E-state index is 12.9. The molecule has 3 aromatic rings. The number of aromatic amines is 1. The average molecular weight is 332 g/mol. The SMILES string of the molecule is CCc1cccc(/C=c2\c(=O)n(-c3ccccc3C)[nH]\c2=C\C=O)c1. The monoisotopic (exact) mass is 332 g/mol. The van der Waals surface area contributed by atoms with Crippen LogP contribution in [0, 0.1) is 6.92 Å². The number of aldehydes is 1. The van der Waals surface area contributed by atoms with Gasteiger partial charge in [-0.15, -0.1) is 0 Å². The minimum absolute atomic E-state index is 0.177. The number of carbonyl (C=O) groups is 1. The van der Waals surface area contributed by atoms with Crippen LogP contribution in [0.15, 0.2) is 53.3 Å². The molecule has 4 heteroatoms. The summed E-state index contributed by atoms with van der Waals surface area (Å²) in [5, 5.41) is 4.02. The van der Waals surface area contributed by atoms with E-state index >= 15 is 0 Å². The number of hydrogen-bond acceptors (Lipinski definition) is 2. The van der Waals surface area contributed by atoms with Crippen LogP contribution in [-0.2, 0) is 11.2 Å². The molecule has 0 aliphatic carbocycles. The van der Waals surface area contributed by atoms with E-state index in [0.29, 0.717) is 16.9 Å². The van der Waals surface area contributed by atoms with Gasteiger partial charge in [-0.05, 0) is 42.2 Å². The summed E-state index contributed by atoms with van der Waals surface area (Å²) < 4.78 is 1.49. The van der Waals surface area contributed by atoms with Gasteiger partial charge in [-0.2, -0.15) is 0 Å². The van der Waals surface area contributed by atoms with Crippen molar-refractivity contribution in [1.29, 1.82) is 0 Å². The van der Waals surface area contributed by atoms with Gasteiger partial charge >= 0.3 is 0 Å². The number of hydrogen-bond donors (Lipinski definition) is 1. The molecule has 2 aromatic carbocycles. The van der Waals surface area contributed by atoms with E-state index in [1.807, 2.05) is 49.4 Å². The highest BCUT2D eigenvalue weighted by Gasteiger charge is 2.07. The zero-order chi connectivity index (χ0) is 17.8. The number of benzene rings is 2. The summed E-state index contributed by atoms with van der Waals surface area (Å²) in [7, 11) is 0. The average Bonchev–Trinajstić information content (AvgIpc) is 2.92. The Morgan fingerprint density at radius 3 is 2.64 bits per heavy atom. The normalized spacial score (nSPS) is 12.6. The van der Waals surface area contributed by atoms with E-state index in [1.54, 1.807) is 0 Å². The molecule has 3 rings (SSSR count). The van der Waals surface area contributed by atoms with E-state index in [0.717, 1.165) is 23.2 Å². The Bertz CT molecular complexity index is 1090. The van der Waals surface area contributed by atoms with Crippen LogP contribution in [0.5, 0.6) is 0 Å². The molecule has 1 N–H and O–H groups in total. The lowest BCUT2D eigenvalue weighted by atomic mass is 10.1. The number of aromatic nitrogens is 2. The first kappa shape index (κ1) is 16.7. The first-order valence-corrected chi connectivity index (χ1v) is 8.27. The Labute approximate surface area is 145 Å². The molecule has 1 heterocycles. The zero-order valence-corrected chi connectivity index (χ0v) is 14.3. The van der Waals surface area contributed by atoms with Crippen molar-refractivity contribution in [2.45, 2.75) is 20.3 Å². The fourth-order valence-corrected chi connectivity index (χ4v) is 2.86. The van der Waals surface area contributed by atoms with Gasteiger partial charge in [0.15, 0.2) is 0 Å². The van der Waals surface area contributed by atoms with Crippen LogP contribution in [0.3, 0.4) is 0 Å². The number of carbonyl (C=O) groups excluding carboxylic acids is 1. The number of rotatable bonds is 4. The van der Waals surface area contributed by atoms with Crippen molar-refractivity contribution >= 4 is 18.4 Å². The summed E-state index contributed by atoms with van der Waals surface area (Å²) in [6.07, 6.45) is 4.82. The van der Waals surface area contributed by atoms with E-state index in [2.05, 4.69) is 24.2 Å². The topological polar surface area (TPSA) is 54.9 Å². The fourth-order valence-electron chi connectivity index (χ4n) is 2.86. The first-order valence-electron chi connectivity index (χ1n) is 8.27. The second kappa shape index (κ2) is 7.18. The molecule has 25 heavy (non-hydrogen) atoms. The van der Waals surface area contributed by atoms with Gasteiger partial charge in [0.05, 0.1) is 16.3 Å². The summed E-state index contributed by atoms with van der Waals surface area (Å²) in [5.41, 5.74) is 3.71. The summed E-state index contributed by atoms with van der Waals surface area (Å²) in [4.78, 5) is 23.9. The molecule has 0 saturated carbocycles. The van der Waals surface area contributed by atoms with Gasteiger partial charge in [-0.3, -0.25) is 14.7 Å². The third kappa shape index (κ3) is 3.38. The van der Waals surface area contributed by atoms with Crippen LogP contribution in [-0.4, -0.2) is 16.1 Å². The second-order valence-electron chi connectivity index (χ2n) is 5.91. The maximum Gasteiger partial charge on any atom is 0.279 e. The molecule has 1 aromatic heterocycles. The first-order chi connectivity index (χ1) is 12.1. The van der Waals surface area contributed by atoms with Gasteiger partial charge < -0.3 is 0 Å². The molecule has 126 valence electrons. The summed E-state index contributed by atoms with van der Waals surface area (Å²) >= 11 is 0. The van der Waals surface area contributed by atoms with Gasteiger partial charge in [0.2, 0.25) is 0 Å². The van der Waals surface area contributed by atoms with E-state index in [9.17, 15) is 9.59 Å². The molecule has 4 nitrogen and oxygen atoms in total. The van der Waals surface area contributed by atoms with E-state index in [-0.39, 0.29) is 5.56 Å². The largest absolute Gasteiger partial charge is 0.298 e. The van der Waals surface area contributed by atoms with E-state index in [1.165, 1.54) is 16.3 Å². The lowest BCUT2D eigenvalue weighted by Gasteiger charge is -2.04. The highest BCUT2D eigenvalue weighted by Crippen LogP contribution is 2.09. The van der Waals surface area contributed by atoms with Crippen LogP contribution in [0.4, 0.5) is 0 Å². The van der Waals surface area contributed by atoms with Gasteiger partial charge in [-0.1, -0.05) is 49.4 Å². The van der Waals surface area contributed by atoms with Gasteiger partial charge in [-0.25, -0.2) is 4.68 Å². The van der Waals surface area contributed by atoms with E-state index in [4.69, 9.17) is 0 Å². The summed E-state index contributed by atoms with van der Waals surface area (Å²) in [5.74, 6) is 0. The molecule has 0 aliphatic rings. The van der Waals surface area contributed by atoms with Crippen molar-refractivity contribution in [3.8, 4) is 5.69 Å². The quantitative estimate of drug-likeness (QED) is 0.741. The van der Waals surface area contributed by atoms with Crippen molar-refractivity contribution in [3.63, 3.8) is 0 Å². The summed E-state index contributed by atoms with van der Waals surface area (Å²) in [6, 6.07) is 15.7. The molecule has 0 amide bonds. The second-order valence-corrected chi connectivity index (χ2v) is 5.91. The Morgan fingerprint density at radius 1 is 1.12 bits per heavy atom. The van der Waals surface area contributed by atoms with Crippen LogP contribution in [0.2, 0.25) is 0 Å². The molecule has 0 saturated heterocycles. The number of para-hydroxylation sites is 1. The van der Waals surface area contributed by atoms with Gasteiger partial charge in [0.1, 0.15) is 6.29 Å². The fraction of sp³-hybridized carbons (Fsp3) is 0.143. The Balaban J connectivity index is 2.28. The molecule has 0 fully saturated rings. The number of nitrogens with zero attached hydrogens (tertiary/aromatic N) is 1. The van der Waals surface area contributed by atoms with Crippen LogP contribution < -0.4 is 16.1 Å². The van der Waals surface area contributed by atoms with E-state index < -0.39 is 0 Å². The number of nitrogens with one attached hydrogen (secondary N) is 1. The Morgan fingerprint density at radius 2 is 1.92 bits per heavy atom. The highest BCUT2D eigenvalue weighted by molar-refractivity contribution is 5.85. The zero-order valence-electron chi connectivity index (χ0n) is 14.3. The molecule has 0 unspecified atom stereocenters. The molecule has 0 radical (unpaired) electrons. The number of aryl methyl sites for hydroxylation is 2. The smallest absolute Gasteiger partial charge is 0.279 e. The lowest BCUT2D eigenvalue weighted by molar-refractivity contribution is -0.103. The molecule has 0 aliphatic heterocycles. The molecule has 0 atom stereocenters. The third-order valence-corrected chi connectivity index (χ3v) is 4.22. The van der Waals surface area contributed by atoms with Crippen LogP contribution in [0.25, 0.3) is 17.8 Å². The maximum absolute atomic E-state index is 12.9. The Kier molecular flexibility index (Phi) is 4.80. The van der Waals surface area contributed by atoms with Crippen molar-refractivity contribution in [3.05, 3.63) is 86.1 Å². The van der Waals surface area contributed by atoms with Crippen molar-refractivity contribution in [2.75, 3.05) is 0 Å². The Hall–Kier alpha value is -3.14. The van der Waals surface area contributed by atoms with Crippen LogP contribution >= 0.6 is 0 Å². The van der Waals surface area contributed by atoms with Crippen LogP contribution in [0.1, 0.15) is 23.6 Å². The minimum Gasteiger partial charge on any atom is -0.298 e. The summed E-state index contributed by atoms with van der Waals surface area (Å²) in [6.45, 7) is 4.03. The standard InChI is InChI=1S/C21H20N2O2/c1-3-16-8-6-9-17(13-16)14-18-19(11-12-24)22-23(21(18)25)20-10-5-4-7-15(20)2/h4-14,22H,3H2,1-2H3/b18-14-,19-11+. The minimum atomic E-state index is -0.177. The van der Waals surface area contributed by atoms with Gasteiger partial charge in [0, 0.05) is 6.08 Å². The lowest BCUT2D eigenvalue weighted by Crippen LogP contribution is -2.34. The molecular formula is C21H20N2O2. The van der Waals surface area contributed by atoms with Crippen molar-refractivity contribution < 1.29 is 4.79 Å². The van der Waals surface area contributed by atoms with Crippen molar-refractivity contribution in [2.24, 2.45) is 0 Å². The molecular weight excluding hydrogens is 312 g/mol. The van der Waals surface area contributed by atoms with Crippen molar-refractivity contribution in [1.82, 2.24) is 9.78 Å². The number of H-pyrrole nitrogens is 1. The third-order valence-electron chi connectivity index (χ3n) is 4.22.